The van der Waals surface area contributed by atoms with E-state index in [0.29, 0.717) is 0 Å². The number of pyridine rings is 3. The third-order valence-electron chi connectivity index (χ3n) is 10.5. The van der Waals surface area contributed by atoms with E-state index >= 15 is 0 Å². The van der Waals surface area contributed by atoms with Crippen molar-refractivity contribution >= 4 is 67.0 Å². The highest BCUT2D eigenvalue weighted by Crippen LogP contribution is 2.32. The van der Waals surface area contributed by atoms with E-state index in [0.717, 1.165) is 0 Å². The lowest BCUT2D eigenvalue weighted by atomic mass is 9.65. The molecule has 79 heavy (non-hydrogen) atoms. The molecule has 6 aromatic rings. The Bertz CT molecular complexity index is 3120. The van der Waals surface area contributed by atoms with E-state index in [1.165, 1.54) is 112 Å². The minimum atomic E-state index is -1.93. The zero-order chi connectivity index (χ0) is 56.8. The van der Waals surface area contributed by atoms with Crippen LogP contribution in [0.4, 0.5) is 11.4 Å². The molecule has 0 bridgehead atoms. The molecular formula is C51H47B3N6O19. The maximum Gasteiger partial charge on any atom is 0.478 e. The van der Waals surface area contributed by atoms with E-state index in [1.807, 2.05) is 6.07 Å². The molecule has 3 aromatic carbocycles. The standard InChI is InChI=1S/C51H47B3N6O19/c1-31(64)69-18-21-72-49-34(27-55)6-15-46(58-49)75-40-9-12-43(37(26-40)30-63)54(78-52(67)41-10-7-38(24-35(41)28-61)76-47-16-13-44(56-4)50(59-47)73-22-19-70-32(2)65)79-53(68)42-11-8-39(25-36(42)29-62)77-48-17-14-45(57-5)51(60-48)74-23-20-71-33(3)66/h6-17,24-26,61-63,67-68H,18-23,28-30H2,1-3H3. The number of hydrogen-bond acceptors (Lipinski definition) is 23. The van der Waals surface area contributed by atoms with Crippen molar-refractivity contribution in [3.8, 4) is 58.6 Å². The summed E-state index contributed by atoms with van der Waals surface area (Å²) in [7, 11) is -5.63. The minimum Gasteiger partial charge on any atom is -0.483 e. The van der Waals surface area contributed by atoms with Gasteiger partial charge in [-0.25, -0.2) is 9.69 Å². The predicted octanol–water partition coefficient (Wildman–Crippen LogP) is 3.03. The fraction of sp³-hybridized carbons (Fsp3) is 0.235. The number of benzene rings is 3. The molecule has 0 saturated heterocycles. The van der Waals surface area contributed by atoms with Crippen LogP contribution >= 0.6 is 0 Å². The van der Waals surface area contributed by atoms with Crippen molar-refractivity contribution in [1.82, 2.24) is 15.0 Å². The third kappa shape index (κ3) is 17.1. The molecule has 0 atom stereocenters. The quantitative estimate of drug-likeness (QED) is 0.0155. The monoisotopic (exact) mass is 1080 g/mol. The number of carbonyl (C=O) groups excluding carboxylic acids is 3. The number of nitriles is 1. The fourth-order valence-electron chi connectivity index (χ4n) is 6.96. The number of esters is 3. The molecule has 6 rings (SSSR count). The van der Waals surface area contributed by atoms with Crippen molar-refractivity contribution < 1.29 is 91.5 Å². The second kappa shape index (κ2) is 29.3. The molecule has 0 aliphatic heterocycles. The van der Waals surface area contributed by atoms with Crippen LogP contribution in [0.3, 0.4) is 0 Å². The van der Waals surface area contributed by atoms with Crippen LogP contribution in [-0.4, -0.2) is 119 Å². The van der Waals surface area contributed by atoms with Crippen LogP contribution in [0.15, 0.2) is 91.0 Å². The number of aliphatic hydroxyl groups is 3. The third-order valence-corrected chi connectivity index (χ3v) is 10.5. The molecule has 25 nitrogen and oxygen atoms in total. The average molecular weight is 1080 g/mol. The topological polar surface area (TPSA) is 325 Å². The maximum atomic E-state index is 11.8. The van der Waals surface area contributed by atoms with Gasteiger partial charge in [0, 0.05) is 26.8 Å². The van der Waals surface area contributed by atoms with Gasteiger partial charge in [0.1, 0.15) is 68.5 Å². The molecule has 0 fully saturated rings. The summed E-state index contributed by atoms with van der Waals surface area (Å²) < 4.78 is 61.3. The van der Waals surface area contributed by atoms with Crippen LogP contribution < -0.4 is 44.8 Å². The lowest BCUT2D eigenvalue weighted by Gasteiger charge is -2.23. The largest absolute Gasteiger partial charge is 0.483 e. The van der Waals surface area contributed by atoms with E-state index in [1.54, 1.807) is 0 Å². The van der Waals surface area contributed by atoms with E-state index < -0.39 is 59.1 Å². The van der Waals surface area contributed by atoms with Gasteiger partial charge in [0.2, 0.25) is 46.7 Å². The van der Waals surface area contributed by atoms with Crippen molar-refractivity contribution in [1.29, 1.82) is 5.26 Å². The Morgan fingerprint density at radius 2 is 0.873 bits per heavy atom. The van der Waals surface area contributed by atoms with Gasteiger partial charge in [-0.3, -0.25) is 14.4 Å². The number of hydrogen-bond donors (Lipinski definition) is 5. The number of aromatic nitrogens is 3. The van der Waals surface area contributed by atoms with Crippen molar-refractivity contribution in [3.63, 3.8) is 0 Å². The summed E-state index contributed by atoms with van der Waals surface area (Å²) in [6.07, 6.45) is 0. The Morgan fingerprint density at radius 3 is 1.24 bits per heavy atom. The SMILES string of the molecule is [C-]#[N+]c1ccc(Oc2ccc(B(O)OB(OB(O)c3ccc(Oc4ccc([N+]#[C-])c(OCCOC(C)=O)n4)cc3CO)c3ccc(Oc4ccc(C#N)c(OCCOC(C)=O)n4)cc3CO)c(CO)c2)nc1OCCOC(C)=O. The molecule has 0 unspecified atom stereocenters. The normalized spacial score (nSPS) is 10.4. The van der Waals surface area contributed by atoms with Gasteiger partial charge in [-0.1, -0.05) is 18.2 Å². The Morgan fingerprint density at radius 1 is 0.519 bits per heavy atom. The highest BCUT2D eigenvalue weighted by atomic mass is 16.6. The molecule has 3 heterocycles. The van der Waals surface area contributed by atoms with Gasteiger partial charge in [0.15, 0.2) is 0 Å². The summed E-state index contributed by atoms with van der Waals surface area (Å²) in [5, 5.41) is 65.0. The van der Waals surface area contributed by atoms with Crippen molar-refractivity contribution in [3.05, 3.63) is 136 Å². The summed E-state index contributed by atoms with van der Waals surface area (Å²) in [5.41, 5.74) is 0.492. The van der Waals surface area contributed by atoms with E-state index in [9.17, 15) is 45.0 Å². The highest BCUT2D eigenvalue weighted by Gasteiger charge is 2.36. The molecule has 0 aliphatic carbocycles. The summed E-state index contributed by atoms with van der Waals surface area (Å²) in [4.78, 5) is 53.0. The van der Waals surface area contributed by atoms with Crippen LogP contribution in [0.25, 0.3) is 9.69 Å². The Kier molecular flexibility index (Phi) is 21.9. The lowest BCUT2D eigenvalue weighted by Crippen LogP contribution is -2.53. The second-order valence-electron chi connectivity index (χ2n) is 16.0. The Balaban J connectivity index is 1.28. The van der Waals surface area contributed by atoms with E-state index in [4.69, 9.17) is 64.9 Å². The zero-order valence-electron chi connectivity index (χ0n) is 42.4. The van der Waals surface area contributed by atoms with Crippen LogP contribution in [0.1, 0.15) is 43.0 Å². The van der Waals surface area contributed by atoms with Gasteiger partial charge in [-0.15, -0.1) is 0 Å². The molecule has 404 valence electrons. The fourth-order valence-corrected chi connectivity index (χ4v) is 6.96. The first-order chi connectivity index (χ1) is 38.1. The van der Waals surface area contributed by atoms with Crippen molar-refractivity contribution in [2.24, 2.45) is 0 Å². The summed E-state index contributed by atoms with van der Waals surface area (Å²) in [6.45, 7) is 16.0. The molecule has 3 aromatic heterocycles. The zero-order valence-corrected chi connectivity index (χ0v) is 42.4. The number of nitrogens with zero attached hydrogens (tertiary/aromatic N) is 6. The second-order valence-corrected chi connectivity index (χ2v) is 16.0. The summed E-state index contributed by atoms with van der Waals surface area (Å²) >= 11 is 0. The van der Waals surface area contributed by atoms with Gasteiger partial charge < -0.3 is 77.1 Å². The maximum absolute atomic E-state index is 11.8. The number of carbonyl (C=O) groups is 3. The first-order valence-corrected chi connectivity index (χ1v) is 23.5. The van der Waals surface area contributed by atoms with Crippen molar-refractivity contribution in [2.75, 3.05) is 39.6 Å². The summed E-state index contributed by atoms with van der Waals surface area (Å²) in [6, 6.07) is 22.9. The van der Waals surface area contributed by atoms with Crippen LogP contribution in [-0.2, 0) is 57.6 Å². The molecule has 0 amide bonds. The van der Waals surface area contributed by atoms with Gasteiger partial charge in [0.25, 0.3) is 0 Å². The molecule has 5 N–H and O–H groups in total. The van der Waals surface area contributed by atoms with Crippen LogP contribution in [0.5, 0.6) is 52.5 Å². The van der Waals surface area contributed by atoms with Crippen LogP contribution in [0, 0.1) is 24.5 Å². The lowest BCUT2D eigenvalue weighted by molar-refractivity contribution is -0.142. The number of rotatable bonds is 28. The van der Waals surface area contributed by atoms with Gasteiger partial charge in [-0.2, -0.15) is 20.2 Å². The highest BCUT2D eigenvalue weighted by molar-refractivity contribution is 6.79. The number of ether oxygens (including phenoxy) is 9. The molecule has 0 aliphatic rings. The van der Waals surface area contributed by atoms with Crippen molar-refractivity contribution in [2.45, 2.75) is 40.6 Å². The molecular weight excluding hydrogens is 1030 g/mol. The minimum absolute atomic E-state index is 0.000517. The van der Waals surface area contributed by atoms with Crippen LogP contribution in [0.2, 0.25) is 0 Å². The Hall–Kier alpha value is -9.30. The molecule has 0 saturated carbocycles. The number of aliphatic hydroxyl groups excluding tert-OH is 3. The molecule has 0 radical (unpaired) electrons. The van der Waals surface area contributed by atoms with Gasteiger partial charge in [0.05, 0.1) is 33.0 Å². The van der Waals surface area contributed by atoms with Gasteiger partial charge in [-0.05, 0) is 99.8 Å². The van der Waals surface area contributed by atoms with Gasteiger partial charge >= 0.3 is 39.3 Å². The van der Waals surface area contributed by atoms with E-state index in [-0.39, 0.29) is 142 Å². The summed E-state index contributed by atoms with van der Waals surface area (Å²) in [5.74, 6) is -1.58. The smallest absolute Gasteiger partial charge is 0.478 e. The molecule has 0 spiro atoms. The Labute approximate surface area is 452 Å². The molecule has 28 heteroatoms. The first kappa shape index (κ1) is 59.0. The predicted molar refractivity (Wildman–Crippen MR) is 276 cm³/mol. The first-order valence-electron chi connectivity index (χ1n) is 23.5. The van der Waals surface area contributed by atoms with E-state index in [2.05, 4.69) is 24.6 Å². The average Bonchev–Trinajstić information content (AvgIpc) is 3.45.